The first-order valence-electron chi connectivity index (χ1n) is 8.13. The van der Waals surface area contributed by atoms with Crippen LogP contribution in [0.25, 0.3) is 16.9 Å². The maximum atomic E-state index is 4.83. The molecular formula is C19H24N4. The summed E-state index contributed by atoms with van der Waals surface area (Å²) >= 11 is 0. The lowest BCUT2D eigenvalue weighted by Gasteiger charge is -2.11. The van der Waals surface area contributed by atoms with Crippen molar-refractivity contribution >= 4 is 11.5 Å². The van der Waals surface area contributed by atoms with E-state index in [9.17, 15) is 0 Å². The zero-order valence-corrected chi connectivity index (χ0v) is 14.5. The van der Waals surface area contributed by atoms with Gasteiger partial charge in [-0.2, -0.15) is 9.61 Å². The molecule has 3 rings (SSSR count). The van der Waals surface area contributed by atoms with E-state index in [0.717, 1.165) is 40.5 Å². The molecule has 23 heavy (non-hydrogen) atoms. The third kappa shape index (κ3) is 3.07. The zero-order valence-electron chi connectivity index (χ0n) is 14.5. The number of aryl methyl sites for hydroxylation is 3. The number of benzene rings is 1. The molecule has 0 unspecified atom stereocenters. The van der Waals surface area contributed by atoms with Crippen molar-refractivity contribution in [2.75, 3.05) is 11.9 Å². The van der Waals surface area contributed by atoms with Crippen LogP contribution in [0.2, 0.25) is 0 Å². The van der Waals surface area contributed by atoms with Gasteiger partial charge in [-0.1, -0.05) is 37.6 Å². The van der Waals surface area contributed by atoms with Crippen molar-refractivity contribution in [2.45, 2.75) is 34.6 Å². The zero-order chi connectivity index (χ0) is 16.6. The summed E-state index contributed by atoms with van der Waals surface area (Å²) in [6.45, 7) is 11.5. The van der Waals surface area contributed by atoms with Crippen molar-refractivity contribution < 1.29 is 0 Å². The average molecular weight is 308 g/mol. The van der Waals surface area contributed by atoms with Gasteiger partial charge in [0.25, 0.3) is 0 Å². The number of hydrogen-bond acceptors (Lipinski definition) is 3. The van der Waals surface area contributed by atoms with Crippen molar-refractivity contribution in [1.82, 2.24) is 14.6 Å². The van der Waals surface area contributed by atoms with Crippen LogP contribution in [0.5, 0.6) is 0 Å². The van der Waals surface area contributed by atoms with Gasteiger partial charge in [0.2, 0.25) is 0 Å². The van der Waals surface area contributed by atoms with E-state index in [1.165, 1.54) is 5.56 Å². The first-order chi connectivity index (χ1) is 11.0. The van der Waals surface area contributed by atoms with Gasteiger partial charge in [0.05, 0.1) is 5.69 Å². The smallest absolute Gasteiger partial charge is 0.161 e. The van der Waals surface area contributed by atoms with E-state index in [1.807, 2.05) is 11.4 Å². The van der Waals surface area contributed by atoms with Crippen LogP contribution in [-0.4, -0.2) is 21.1 Å². The molecule has 0 aliphatic heterocycles. The van der Waals surface area contributed by atoms with Gasteiger partial charge < -0.3 is 5.32 Å². The van der Waals surface area contributed by atoms with Crippen LogP contribution in [0.3, 0.4) is 0 Å². The van der Waals surface area contributed by atoms with Crippen LogP contribution in [-0.2, 0) is 0 Å². The third-order valence-corrected chi connectivity index (χ3v) is 3.93. The molecular weight excluding hydrogens is 284 g/mol. The number of nitrogens with zero attached hydrogens (tertiary/aromatic N) is 3. The summed E-state index contributed by atoms with van der Waals surface area (Å²) in [5.74, 6) is 1.58. The second-order valence-corrected chi connectivity index (χ2v) is 6.64. The van der Waals surface area contributed by atoms with Gasteiger partial charge in [0, 0.05) is 29.4 Å². The first kappa shape index (κ1) is 15.5. The van der Waals surface area contributed by atoms with Gasteiger partial charge in [-0.05, 0) is 32.8 Å². The Bertz CT molecular complexity index is 846. The Kier molecular flexibility index (Phi) is 4.07. The lowest BCUT2D eigenvalue weighted by atomic mass is 10.1. The second kappa shape index (κ2) is 6.03. The molecule has 1 N–H and O–H groups in total. The van der Waals surface area contributed by atoms with Crippen molar-refractivity contribution in [2.24, 2.45) is 5.92 Å². The highest BCUT2D eigenvalue weighted by Crippen LogP contribution is 2.27. The minimum Gasteiger partial charge on any atom is -0.370 e. The van der Waals surface area contributed by atoms with Crippen LogP contribution in [0, 0.1) is 26.7 Å². The molecule has 0 spiro atoms. The minimum atomic E-state index is 0.575. The maximum Gasteiger partial charge on any atom is 0.161 e. The Labute approximate surface area is 137 Å². The molecule has 0 saturated carbocycles. The molecule has 1 aromatic carbocycles. The molecule has 0 aliphatic rings. The summed E-state index contributed by atoms with van der Waals surface area (Å²) in [6.07, 6.45) is 0. The summed E-state index contributed by atoms with van der Waals surface area (Å²) in [7, 11) is 0. The summed E-state index contributed by atoms with van der Waals surface area (Å²) in [6, 6.07) is 10.5. The number of fused-ring (bicyclic) bond motifs is 1. The molecule has 3 aromatic rings. The SMILES string of the molecule is Cc1cccc(-c2nn3c(NCC(C)C)cc(C)nc3c2C)c1. The second-order valence-electron chi connectivity index (χ2n) is 6.64. The lowest BCUT2D eigenvalue weighted by Crippen LogP contribution is -2.12. The fraction of sp³-hybridized carbons (Fsp3) is 0.368. The molecule has 0 amide bonds. The van der Waals surface area contributed by atoms with E-state index in [1.54, 1.807) is 0 Å². The molecule has 0 bridgehead atoms. The minimum absolute atomic E-state index is 0.575. The van der Waals surface area contributed by atoms with Crippen molar-refractivity contribution in [1.29, 1.82) is 0 Å². The van der Waals surface area contributed by atoms with Crippen LogP contribution < -0.4 is 5.32 Å². The highest BCUT2D eigenvalue weighted by molar-refractivity contribution is 5.72. The Morgan fingerprint density at radius 3 is 2.61 bits per heavy atom. The standard InChI is InChI=1S/C19H24N4/c1-12(2)11-20-17-10-14(4)21-19-15(5)18(22-23(17)19)16-8-6-7-13(3)9-16/h6-10,12,20H,11H2,1-5H3. The molecule has 4 nitrogen and oxygen atoms in total. The van der Waals surface area contributed by atoms with Gasteiger partial charge >= 0.3 is 0 Å². The van der Waals surface area contributed by atoms with Crippen molar-refractivity contribution in [3.8, 4) is 11.3 Å². The average Bonchev–Trinajstić information content (AvgIpc) is 2.82. The predicted molar refractivity (Wildman–Crippen MR) is 96.0 cm³/mol. The predicted octanol–water partition coefficient (Wildman–Crippen LogP) is 4.39. The van der Waals surface area contributed by atoms with Crippen LogP contribution in [0.1, 0.15) is 30.7 Å². The summed E-state index contributed by atoms with van der Waals surface area (Å²) < 4.78 is 1.93. The quantitative estimate of drug-likeness (QED) is 0.777. The van der Waals surface area contributed by atoms with Gasteiger partial charge in [-0.15, -0.1) is 0 Å². The van der Waals surface area contributed by atoms with E-state index >= 15 is 0 Å². The van der Waals surface area contributed by atoms with E-state index in [-0.39, 0.29) is 0 Å². The number of nitrogens with one attached hydrogen (secondary N) is 1. The molecule has 0 aliphatic carbocycles. The maximum absolute atomic E-state index is 4.83. The van der Waals surface area contributed by atoms with E-state index in [4.69, 9.17) is 10.1 Å². The molecule has 2 heterocycles. The highest BCUT2D eigenvalue weighted by atomic mass is 15.3. The summed E-state index contributed by atoms with van der Waals surface area (Å²) in [4.78, 5) is 4.69. The summed E-state index contributed by atoms with van der Waals surface area (Å²) in [5, 5.41) is 8.33. The van der Waals surface area contributed by atoms with Crippen LogP contribution in [0.4, 0.5) is 5.82 Å². The van der Waals surface area contributed by atoms with Crippen LogP contribution >= 0.6 is 0 Å². The molecule has 0 atom stereocenters. The Balaban J connectivity index is 2.15. The lowest BCUT2D eigenvalue weighted by molar-refractivity contribution is 0.683. The largest absolute Gasteiger partial charge is 0.370 e. The van der Waals surface area contributed by atoms with Gasteiger partial charge in [0.15, 0.2) is 5.65 Å². The molecule has 0 radical (unpaired) electrons. The van der Waals surface area contributed by atoms with Crippen LogP contribution in [0.15, 0.2) is 30.3 Å². The number of hydrogen-bond donors (Lipinski definition) is 1. The van der Waals surface area contributed by atoms with Gasteiger partial charge in [0.1, 0.15) is 5.82 Å². The number of aromatic nitrogens is 3. The Hall–Kier alpha value is -2.36. The van der Waals surface area contributed by atoms with Gasteiger partial charge in [-0.3, -0.25) is 0 Å². The summed E-state index contributed by atoms with van der Waals surface area (Å²) in [5.41, 5.74) is 6.42. The van der Waals surface area contributed by atoms with Crippen molar-refractivity contribution in [3.05, 3.63) is 47.2 Å². The normalized spacial score (nSPS) is 11.4. The molecule has 4 heteroatoms. The Morgan fingerprint density at radius 2 is 1.91 bits per heavy atom. The van der Waals surface area contributed by atoms with Gasteiger partial charge in [-0.25, -0.2) is 4.98 Å². The topological polar surface area (TPSA) is 42.2 Å². The fourth-order valence-corrected chi connectivity index (χ4v) is 2.75. The third-order valence-electron chi connectivity index (χ3n) is 3.93. The van der Waals surface area contributed by atoms with Crippen molar-refractivity contribution in [3.63, 3.8) is 0 Å². The number of anilines is 1. The van der Waals surface area contributed by atoms with E-state index in [0.29, 0.717) is 5.92 Å². The highest BCUT2D eigenvalue weighted by Gasteiger charge is 2.15. The molecule has 2 aromatic heterocycles. The molecule has 0 saturated heterocycles. The molecule has 0 fully saturated rings. The monoisotopic (exact) mass is 308 g/mol. The van der Waals surface area contributed by atoms with E-state index in [2.05, 4.69) is 63.3 Å². The first-order valence-corrected chi connectivity index (χ1v) is 8.13. The molecule has 120 valence electrons. The van der Waals surface area contributed by atoms with E-state index < -0.39 is 0 Å². The number of rotatable bonds is 4. The Morgan fingerprint density at radius 1 is 1.13 bits per heavy atom. The fourth-order valence-electron chi connectivity index (χ4n) is 2.75.